The van der Waals surface area contributed by atoms with Gasteiger partial charge < -0.3 is 5.73 Å². The maximum absolute atomic E-state index is 10.3. The number of amides is 3. The summed E-state index contributed by atoms with van der Waals surface area (Å²) in [6.07, 6.45) is 4.47. The molecule has 0 saturated carbocycles. The van der Waals surface area contributed by atoms with Crippen molar-refractivity contribution >= 4 is 12.4 Å². The minimum Gasteiger partial charge on any atom is -0.350 e. The number of carbonyl (C=O) groups is 1. The summed E-state index contributed by atoms with van der Waals surface area (Å²) in [5.41, 5.74) is 6.94. The van der Waals surface area contributed by atoms with E-state index in [0.29, 0.717) is 6.54 Å². The molecule has 0 aromatic carbocycles. The minimum atomic E-state index is -0.741. The van der Waals surface area contributed by atoms with Crippen LogP contribution in [0.4, 0.5) is 4.79 Å². The van der Waals surface area contributed by atoms with E-state index in [1.165, 1.54) is 0 Å². The molecule has 5 heteroatoms. The molecule has 0 aromatic rings. The number of nitrogens with zero attached hydrogens (tertiary/aromatic N) is 1. The SMILES string of the molecule is CCCCCN([C]=O)NC(N)=O. The van der Waals surface area contributed by atoms with Crippen LogP contribution in [0.1, 0.15) is 26.2 Å². The molecule has 0 rings (SSSR count). The Morgan fingerprint density at radius 2 is 2.25 bits per heavy atom. The highest BCUT2D eigenvalue weighted by Crippen LogP contribution is 1.94. The van der Waals surface area contributed by atoms with Gasteiger partial charge >= 0.3 is 12.4 Å². The van der Waals surface area contributed by atoms with Crippen molar-refractivity contribution in [3.05, 3.63) is 0 Å². The predicted octanol–water partition coefficient (Wildman–Crippen LogP) is 0.129. The lowest BCUT2D eigenvalue weighted by Gasteiger charge is -2.14. The fourth-order valence-corrected chi connectivity index (χ4v) is 0.777. The van der Waals surface area contributed by atoms with Crippen LogP contribution in [-0.4, -0.2) is 24.0 Å². The highest BCUT2D eigenvalue weighted by atomic mass is 16.2. The number of primary amides is 1. The molecule has 3 amide bonds. The molecule has 0 aliphatic rings. The summed E-state index contributed by atoms with van der Waals surface area (Å²) < 4.78 is 0. The average Bonchev–Trinajstić information content (AvgIpc) is 2.02. The van der Waals surface area contributed by atoms with Crippen LogP contribution >= 0.6 is 0 Å². The fraction of sp³-hybridized carbons (Fsp3) is 0.714. The van der Waals surface area contributed by atoms with Gasteiger partial charge in [0.2, 0.25) is 0 Å². The van der Waals surface area contributed by atoms with E-state index in [2.05, 4.69) is 12.3 Å². The molecule has 0 spiro atoms. The summed E-state index contributed by atoms with van der Waals surface area (Å²) in [4.78, 5) is 20.5. The number of hydrogen-bond donors (Lipinski definition) is 2. The summed E-state index contributed by atoms with van der Waals surface area (Å²) in [5, 5.41) is 1.03. The Morgan fingerprint density at radius 3 is 2.67 bits per heavy atom. The molecule has 0 saturated heterocycles. The Hall–Kier alpha value is -1.26. The zero-order valence-electron chi connectivity index (χ0n) is 7.17. The number of unbranched alkanes of at least 4 members (excludes halogenated alkanes) is 2. The lowest BCUT2D eigenvalue weighted by molar-refractivity contribution is 0.221. The molecule has 0 bridgehead atoms. The molecule has 0 fully saturated rings. The lowest BCUT2D eigenvalue weighted by atomic mass is 10.2. The van der Waals surface area contributed by atoms with E-state index < -0.39 is 6.03 Å². The van der Waals surface area contributed by atoms with Gasteiger partial charge in [-0.1, -0.05) is 19.8 Å². The van der Waals surface area contributed by atoms with Gasteiger partial charge in [-0.3, -0.25) is 4.79 Å². The van der Waals surface area contributed by atoms with Crippen LogP contribution < -0.4 is 11.2 Å². The summed E-state index contributed by atoms with van der Waals surface area (Å²) in [6, 6.07) is -0.741. The smallest absolute Gasteiger partial charge is 0.332 e. The summed E-state index contributed by atoms with van der Waals surface area (Å²) in [5.74, 6) is 0. The maximum Gasteiger partial charge on any atom is 0.332 e. The Balaban J connectivity index is 3.53. The second-order valence-electron chi connectivity index (χ2n) is 2.43. The van der Waals surface area contributed by atoms with Crippen LogP contribution in [0.2, 0.25) is 0 Å². The average molecular weight is 172 g/mol. The van der Waals surface area contributed by atoms with Gasteiger partial charge in [-0.25, -0.2) is 15.2 Å². The molecular weight excluding hydrogens is 158 g/mol. The molecule has 0 atom stereocenters. The second-order valence-corrected chi connectivity index (χ2v) is 2.43. The Labute approximate surface area is 71.9 Å². The Morgan fingerprint density at radius 1 is 1.58 bits per heavy atom. The minimum absolute atomic E-state index is 0.459. The number of hydrogen-bond acceptors (Lipinski definition) is 2. The molecule has 0 unspecified atom stereocenters. The van der Waals surface area contributed by atoms with Crippen LogP contribution in [0.3, 0.4) is 0 Å². The second kappa shape index (κ2) is 6.45. The fourth-order valence-electron chi connectivity index (χ4n) is 0.777. The number of carbonyl (C=O) groups excluding carboxylic acids is 2. The zero-order valence-corrected chi connectivity index (χ0v) is 7.17. The standard InChI is InChI=1S/C7H14N3O2/c1-2-3-4-5-10(6-11)9-7(8)12/h2-5H2,1H3,(H3,8,9,12). The predicted molar refractivity (Wildman–Crippen MR) is 44.6 cm³/mol. The van der Waals surface area contributed by atoms with E-state index in [9.17, 15) is 9.59 Å². The molecule has 5 nitrogen and oxygen atoms in total. The van der Waals surface area contributed by atoms with Crippen molar-refractivity contribution < 1.29 is 9.59 Å². The van der Waals surface area contributed by atoms with Crippen LogP contribution in [0.15, 0.2) is 0 Å². The molecule has 12 heavy (non-hydrogen) atoms. The molecular formula is C7H14N3O2. The normalized spacial score (nSPS) is 9.08. The number of nitrogens with one attached hydrogen (secondary N) is 1. The maximum atomic E-state index is 10.3. The Bertz CT molecular complexity index is 150. The quantitative estimate of drug-likeness (QED) is 0.339. The van der Waals surface area contributed by atoms with Crippen molar-refractivity contribution in [2.24, 2.45) is 5.73 Å². The highest BCUT2D eigenvalue weighted by molar-refractivity contribution is 5.72. The first kappa shape index (κ1) is 10.7. The number of rotatable bonds is 6. The van der Waals surface area contributed by atoms with Crippen LogP contribution in [0, 0.1) is 0 Å². The third kappa shape index (κ3) is 5.52. The molecule has 69 valence electrons. The van der Waals surface area contributed by atoms with Gasteiger partial charge in [0.15, 0.2) is 0 Å². The van der Waals surface area contributed by atoms with E-state index in [1.807, 2.05) is 0 Å². The van der Waals surface area contributed by atoms with Crippen molar-refractivity contribution in [3.8, 4) is 0 Å². The zero-order chi connectivity index (χ0) is 9.40. The van der Waals surface area contributed by atoms with Crippen LogP contribution in [0.25, 0.3) is 0 Å². The van der Waals surface area contributed by atoms with Gasteiger partial charge in [0.25, 0.3) is 0 Å². The molecule has 0 heterocycles. The summed E-state index contributed by atoms with van der Waals surface area (Å²) in [6.45, 7) is 2.51. The van der Waals surface area contributed by atoms with Crippen molar-refractivity contribution in [1.29, 1.82) is 0 Å². The van der Waals surface area contributed by atoms with Crippen LogP contribution in [0.5, 0.6) is 0 Å². The van der Waals surface area contributed by atoms with E-state index >= 15 is 0 Å². The topological polar surface area (TPSA) is 75.4 Å². The lowest BCUT2D eigenvalue weighted by Crippen LogP contribution is -2.44. The third-order valence-corrected chi connectivity index (χ3v) is 1.34. The van der Waals surface area contributed by atoms with Gasteiger partial charge in [0, 0.05) is 6.54 Å². The first-order chi connectivity index (χ1) is 5.70. The first-order valence-electron chi connectivity index (χ1n) is 3.92. The monoisotopic (exact) mass is 172 g/mol. The third-order valence-electron chi connectivity index (χ3n) is 1.34. The highest BCUT2D eigenvalue weighted by Gasteiger charge is 2.02. The van der Waals surface area contributed by atoms with E-state index in [-0.39, 0.29) is 0 Å². The van der Waals surface area contributed by atoms with Gasteiger partial charge in [0.05, 0.1) is 0 Å². The number of urea groups is 1. The van der Waals surface area contributed by atoms with Gasteiger partial charge in [-0.05, 0) is 6.42 Å². The molecule has 3 N–H and O–H groups in total. The van der Waals surface area contributed by atoms with Gasteiger partial charge in [0.1, 0.15) is 0 Å². The van der Waals surface area contributed by atoms with Crippen LogP contribution in [-0.2, 0) is 4.79 Å². The molecule has 1 radical (unpaired) electrons. The molecule has 0 aromatic heterocycles. The van der Waals surface area contributed by atoms with E-state index in [0.717, 1.165) is 24.3 Å². The van der Waals surface area contributed by atoms with Crippen molar-refractivity contribution in [2.45, 2.75) is 26.2 Å². The van der Waals surface area contributed by atoms with Crippen molar-refractivity contribution in [2.75, 3.05) is 6.54 Å². The van der Waals surface area contributed by atoms with Gasteiger partial charge in [-0.15, -0.1) is 0 Å². The number of nitrogens with two attached hydrogens (primary N) is 1. The Kier molecular flexibility index (Phi) is 5.77. The first-order valence-corrected chi connectivity index (χ1v) is 3.92. The van der Waals surface area contributed by atoms with E-state index in [4.69, 9.17) is 5.73 Å². The molecule has 0 aliphatic heterocycles. The van der Waals surface area contributed by atoms with E-state index in [1.54, 1.807) is 6.41 Å². The van der Waals surface area contributed by atoms with Crippen molar-refractivity contribution in [1.82, 2.24) is 10.4 Å². The van der Waals surface area contributed by atoms with Crippen molar-refractivity contribution in [3.63, 3.8) is 0 Å². The summed E-state index contributed by atoms with van der Waals surface area (Å²) in [7, 11) is 0. The molecule has 0 aliphatic carbocycles. The number of hydrazine groups is 1. The van der Waals surface area contributed by atoms with Gasteiger partial charge in [-0.2, -0.15) is 0 Å². The summed E-state index contributed by atoms with van der Waals surface area (Å²) >= 11 is 0. The largest absolute Gasteiger partial charge is 0.350 e.